The van der Waals surface area contributed by atoms with Gasteiger partial charge < -0.3 is 14.8 Å². The minimum atomic E-state index is -1.11. The van der Waals surface area contributed by atoms with Crippen LogP contribution in [0, 0.1) is 0 Å². The number of carbonyl (C=O) groups excluding carboxylic acids is 1. The number of rotatable bonds is 4. The number of nitrogens with zero attached hydrogens (tertiary/aromatic N) is 3. The van der Waals surface area contributed by atoms with Crippen LogP contribution in [-0.2, 0) is 6.54 Å². The first-order valence-corrected chi connectivity index (χ1v) is 7.25. The Morgan fingerprint density at radius 3 is 2.84 bits per heavy atom. The number of carboxylic acid groups (broad SMARTS) is 1. The van der Waals surface area contributed by atoms with Crippen molar-refractivity contribution in [3.8, 4) is 11.1 Å². The van der Waals surface area contributed by atoms with E-state index in [1.165, 1.54) is 6.26 Å². The van der Waals surface area contributed by atoms with E-state index in [0.717, 1.165) is 11.1 Å². The maximum absolute atomic E-state index is 11.9. The van der Waals surface area contributed by atoms with Crippen molar-refractivity contribution in [2.24, 2.45) is 5.11 Å². The van der Waals surface area contributed by atoms with Crippen molar-refractivity contribution in [2.75, 3.05) is 0 Å². The summed E-state index contributed by atoms with van der Waals surface area (Å²) in [7, 11) is 0. The summed E-state index contributed by atoms with van der Waals surface area (Å²) in [5.74, 6) is -0.685. The van der Waals surface area contributed by atoms with Crippen LogP contribution < -0.4 is 5.32 Å². The summed E-state index contributed by atoms with van der Waals surface area (Å²) in [5.41, 5.74) is 11.4. The Balaban J connectivity index is 2.09. The van der Waals surface area contributed by atoms with Gasteiger partial charge in [0.25, 0.3) is 0 Å². The monoisotopic (exact) mass is 336 g/mol. The maximum atomic E-state index is 11.9. The number of hydrogen-bond donors (Lipinski definition) is 2. The number of azide groups is 1. The maximum Gasteiger partial charge on any atom is 0.404 e. The molecular weight excluding hydrogens is 324 g/mol. The molecule has 0 saturated heterocycles. The van der Waals surface area contributed by atoms with E-state index in [-0.39, 0.29) is 12.1 Å². The van der Waals surface area contributed by atoms with Crippen LogP contribution in [0.15, 0.2) is 58.3 Å². The van der Waals surface area contributed by atoms with Gasteiger partial charge in [-0.1, -0.05) is 18.2 Å². The Morgan fingerprint density at radius 2 is 2.08 bits per heavy atom. The van der Waals surface area contributed by atoms with Crippen molar-refractivity contribution in [1.29, 1.82) is 0 Å². The predicted octanol–water partition coefficient (Wildman–Crippen LogP) is 4.32. The van der Waals surface area contributed by atoms with Gasteiger partial charge in [0.2, 0.25) is 5.91 Å². The van der Waals surface area contributed by atoms with Crippen LogP contribution in [0.5, 0.6) is 0 Å². The average molecular weight is 336 g/mol. The molecule has 25 heavy (non-hydrogen) atoms. The lowest BCUT2D eigenvalue weighted by atomic mass is 9.98. The third kappa shape index (κ3) is 3.44. The smallest absolute Gasteiger partial charge is 0.404 e. The van der Waals surface area contributed by atoms with E-state index >= 15 is 0 Å². The molecule has 0 unspecified atom stereocenters. The van der Waals surface area contributed by atoms with Crippen molar-refractivity contribution in [1.82, 2.24) is 5.32 Å². The van der Waals surface area contributed by atoms with E-state index in [1.54, 1.807) is 36.4 Å². The Morgan fingerprint density at radius 1 is 1.24 bits per heavy atom. The SMILES string of the molecule is [N-]=[N+]=NC(=O)c1cc(-c2cccc(CNC(=O)O)c2)c2occc2c1. The summed E-state index contributed by atoms with van der Waals surface area (Å²) >= 11 is 0. The molecule has 0 saturated carbocycles. The van der Waals surface area contributed by atoms with Crippen molar-refractivity contribution >= 4 is 23.0 Å². The lowest BCUT2D eigenvalue weighted by Crippen LogP contribution is -2.19. The summed E-state index contributed by atoms with van der Waals surface area (Å²) in [6, 6.07) is 12.1. The zero-order valence-corrected chi connectivity index (χ0v) is 12.8. The number of fused-ring (bicyclic) bond motifs is 1. The highest BCUT2D eigenvalue weighted by molar-refractivity contribution is 6.03. The number of hydrogen-bond acceptors (Lipinski definition) is 3. The van der Waals surface area contributed by atoms with Crippen LogP contribution in [0.1, 0.15) is 15.9 Å². The lowest BCUT2D eigenvalue weighted by Gasteiger charge is -2.08. The first kappa shape index (κ1) is 16.1. The van der Waals surface area contributed by atoms with Crippen LogP contribution in [0.25, 0.3) is 32.5 Å². The molecule has 0 aliphatic heterocycles. The highest BCUT2D eigenvalue weighted by Gasteiger charge is 2.13. The van der Waals surface area contributed by atoms with Crippen molar-refractivity contribution in [2.45, 2.75) is 6.54 Å². The van der Waals surface area contributed by atoms with Crippen molar-refractivity contribution in [3.05, 3.63) is 70.3 Å². The molecule has 1 heterocycles. The summed E-state index contributed by atoms with van der Waals surface area (Å²) in [6.07, 6.45) is 0.395. The standard InChI is InChI=1S/C17H12N4O4/c18-21-20-16(22)13-7-12-4-5-25-15(12)14(8-13)11-3-1-2-10(6-11)9-19-17(23)24/h1-8,19H,9H2,(H,23,24). The minimum absolute atomic E-state index is 0.155. The largest absolute Gasteiger partial charge is 0.465 e. The summed E-state index contributed by atoms with van der Waals surface area (Å²) in [6.45, 7) is 0.155. The molecule has 0 fully saturated rings. The number of benzene rings is 2. The second-order valence-electron chi connectivity index (χ2n) is 5.22. The average Bonchev–Trinajstić information content (AvgIpc) is 3.08. The van der Waals surface area contributed by atoms with Gasteiger partial charge in [-0.2, -0.15) is 0 Å². The highest BCUT2D eigenvalue weighted by atomic mass is 16.4. The predicted molar refractivity (Wildman–Crippen MR) is 90.0 cm³/mol. The Kier molecular flexibility index (Phi) is 4.36. The Bertz CT molecular complexity index is 1020. The molecular formula is C17H12N4O4. The first-order chi connectivity index (χ1) is 12.1. The van der Waals surface area contributed by atoms with Gasteiger partial charge in [-0.3, -0.25) is 4.79 Å². The van der Waals surface area contributed by atoms with Crippen LogP contribution in [0.3, 0.4) is 0 Å². The minimum Gasteiger partial charge on any atom is -0.465 e. The highest BCUT2D eigenvalue weighted by Crippen LogP contribution is 2.31. The Labute approximate surface area is 141 Å². The molecule has 1 aromatic heterocycles. The zero-order valence-electron chi connectivity index (χ0n) is 12.8. The molecule has 2 amide bonds. The van der Waals surface area contributed by atoms with E-state index in [1.807, 2.05) is 6.07 Å². The van der Waals surface area contributed by atoms with Crippen LogP contribution in [0.4, 0.5) is 4.79 Å². The molecule has 0 aliphatic carbocycles. The van der Waals surface area contributed by atoms with Gasteiger partial charge >= 0.3 is 6.09 Å². The lowest BCUT2D eigenvalue weighted by molar-refractivity contribution is 0.100. The normalized spacial score (nSPS) is 10.2. The fourth-order valence-electron chi connectivity index (χ4n) is 2.54. The topological polar surface area (TPSA) is 128 Å². The molecule has 8 heteroatoms. The van der Waals surface area contributed by atoms with Gasteiger partial charge in [-0.15, -0.1) is 0 Å². The number of carbonyl (C=O) groups is 2. The number of nitrogens with one attached hydrogen (secondary N) is 1. The summed E-state index contributed by atoms with van der Waals surface area (Å²) in [4.78, 5) is 25.1. The van der Waals surface area contributed by atoms with Gasteiger partial charge in [0.1, 0.15) is 5.58 Å². The second kappa shape index (κ2) is 6.77. The molecule has 124 valence electrons. The third-order valence-corrected chi connectivity index (χ3v) is 3.62. The van der Waals surface area contributed by atoms with E-state index in [0.29, 0.717) is 16.5 Å². The van der Waals surface area contributed by atoms with Crippen LogP contribution in [0.2, 0.25) is 0 Å². The molecule has 2 N–H and O–H groups in total. The van der Waals surface area contributed by atoms with E-state index in [2.05, 4.69) is 15.3 Å². The van der Waals surface area contributed by atoms with Gasteiger partial charge in [0.05, 0.1) is 6.26 Å². The first-order valence-electron chi connectivity index (χ1n) is 7.25. The molecule has 2 aromatic carbocycles. The summed E-state index contributed by atoms with van der Waals surface area (Å²) in [5, 5.41) is 14.8. The molecule has 3 rings (SSSR count). The molecule has 0 bridgehead atoms. The molecule has 8 nitrogen and oxygen atoms in total. The fourth-order valence-corrected chi connectivity index (χ4v) is 2.54. The molecule has 3 aromatic rings. The third-order valence-electron chi connectivity index (χ3n) is 3.62. The van der Waals surface area contributed by atoms with Crippen LogP contribution in [-0.4, -0.2) is 17.1 Å². The van der Waals surface area contributed by atoms with E-state index < -0.39 is 12.0 Å². The van der Waals surface area contributed by atoms with Gasteiger partial charge in [0, 0.05) is 28.0 Å². The van der Waals surface area contributed by atoms with Crippen molar-refractivity contribution in [3.63, 3.8) is 0 Å². The second-order valence-corrected chi connectivity index (χ2v) is 5.22. The van der Waals surface area contributed by atoms with E-state index in [4.69, 9.17) is 15.1 Å². The molecule has 0 radical (unpaired) electrons. The van der Waals surface area contributed by atoms with Gasteiger partial charge in [-0.25, -0.2) is 4.79 Å². The Hall–Kier alpha value is -3.77. The van der Waals surface area contributed by atoms with Crippen molar-refractivity contribution < 1.29 is 19.1 Å². The van der Waals surface area contributed by atoms with Gasteiger partial charge in [-0.05, 0) is 46.0 Å². The summed E-state index contributed by atoms with van der Waals surface area (Å²) < 4.78 is 5.51. The van der Waals surface area contributed by atoms with Crippen LogP contribution >= 0.6 is 0 Å². The molecule has 0 atom stereocenters. The number of amides is 2. The number of furan rings is 1. The molecule has 0 aliphatic rings. The van der Waals surface area contributed by atoms with Gasteiger partial charge in [0.15, 0.2) is 0 Å². The van der Waals surface area contributed by atoms with E-state index in [9.17, 15) is 9.59 Å². The molecule has 0 spiro atoms. The zero-order chi connectivity index (χ0) is 17.8. The fraction of sp³-hybridized carbons (Fsp3) is 0.0588. The quantitative estimate of drug-likeness (QED) is 0.417.